The average Bonchev–Trinajstić information content (AvgIpc) is 3.28. The van der Waals surface area contributed by atoms with Crippen LogP contribution in [0.15, 0.2) is 40.5 Å². The molecule has 0 amide bonds. The van der Waals surface area contributed by atoms with Crippen molar-refractivity contribution < 1.29 is 4.79 Å². The summed E-state index contributed by atoms with van der Waals surface area (Å²) in [7, 11) is 2.13. The fourth-order valence-corrected chi connectivity index (χ4v) is 4.89. The molecule has 1 fully saturated rings. The topological polar surface area (TPSA) is 87.1 Å². The summed E-state index contributed by atoms with van der Waals surface area (Å²) in [4.78, 5) is 37.4. The van der Waals surface area contributed by atoms with E-state index >= 15 is 0 Å². The van der Waals surface area contributed by atoms with Crippen LogP contribution in [-0.4, -0.2) is 63.8 Å². The maximum absolute atomic E-state index is 12.1. The average molecular weight is 498 g/mol. The van der Waals surface area contributed by atoms with Crippen molar-refractivity contribution in [3.05, 3.63) is 40.9 Å². The lowest BCUT2D eigenvalue weighted by Crippen LogP contribution is -2.45. The first-order chi connectivity index (χ1) is 16.4. The molecule has 10 heteroatoms. The van der Waals surface area contributed by atoms with Crippen molar-refractivity contribution in [1.29, 1.82) is 0 Å². The molecule has 1 saturated heterocycles. The largest absolute Gasteiger partial charge is 0.338 e. The molecule has 3 heterocycles. The van der Waals surface area contributed by atoms with E-state index in [1.54, 1.807) is 11.3 Å². The highest BCUT2D eigenvalue weighted by molar-refractivity contribution is 7.99. The van der Waals surface area contributed by atoms with Crippen LogP contribution >= 0.6 is 23.1 Å². The minimum absolute atomic E-state index is 0.0458. The second-order valence-corrected chi connectivity index (χ2v) is 10.8. The van der Waals surface area contributed by atoms with Gasteiger partial charge >= 0.3 is 0 Å². The number of likely N-dealkylation sites (N-methyl/N-ethyl adjacent to an activating group) is 1. The lowest BCUT2D eigenvalue weighted by Gasteiger charge is -2.32. The third-order valence-corrected chi connectivity index (χ3v) is 7.59. The molecule has 0 radical (unpaired) electrons. The highest BCUT2D eigenvalue weighted by Gasteiger charge is 2.19. The van der Waals surface area contributed by atoms with E-state index in [2.05, 4.69) is 39.1 Å². The van der Waals surface area contributed by atoms with Crippen LogP contribution in [0.2, 0.25) is 0 Å². The predicted octanol–water partition coefficient (Wildman–Crippen LogP) is 4.30. The molecule has 2 aromatic heterocycles. The number of nitrogens with zero attached hydrogens (tertiary/aromatic N) is 6. The van der Waals surface area contributed by atoms with E-state index in [0.717, 1.165) is 48.2 Å². The lowest BCUT2D eigenvalue weighted by atomic mass is 10.0. The standard InChI is InChI=1S/C24H31N7OS2/c1-5-18-15-25-23(33-18)27-21-26-22(31-12-10-30(4)11-13-31)29-24(28-21)34-19-8-6-17(7-9-19)14-20(32)16(2)3/h6-9,15-16H,5,10-14H2,1-4H3,(H,25,26,27,28,29). The molecular formula is C24H31N7OS2. The molecule has 34 heavy (non-hydrogen) atoms. The van der Waals surface area contributed by atoms with Crippen LogP contribution < -0.4 is 10.2 Å². The smallest absolute Gasteiger partial charge is 0.234 e. The summed E-state index contributed by atoms with van der Waals surface area (Å²) in [6.45, 7) is 9.68. The maximum Gasteiger partial charge on any atom is 0.234 e. The first-order valence-corrected chi connectivity index (χ1v) is 13.2. The Kier molecular flexibility index (Phi) is 8.12. The highest BCUT2D eigenvalue weighted by Crippen LogP contribution is 2.29. The number of nitrogens with one attached hydrogen (secondary N) is 1. The number of rotatable bonds is 9. The Bertz CT molecular complexity index is 1110. The van der Waals surface area contributed by atoms with Gasteiger partial charge < -0.3 is 9.80 Å². The number of Topliss-reactive ketones (excluding diaryl/α,β-unsaturated/α-hetero) is 1. The van der Waals surface area contributed by atoms with E-state index in [-0.39, 0.29) is 11.7 Å². The molecule has 0 saturated carbocycles. The van der Waals surface area contributed by atoms with Gasteiger partial charge in [0, 0.05) is 54.5 Å². The van der Waals surface area contributed by atoms with Gasteiger partial charge in [0.1, 0.15) is 5.78 Å². The third-order valence-electron chi connectivity index (χ3n) is 5.66. The summed E-state index contributed by atoms with van der Waals surface area (Å²) in [6.07, 6.45) is 3.29. The zero-order valence-corrected chi connectivity index (χ0v) is 21.7. The van der Waals surface area contributed by atoms with Gasteiger partial charge in [-0.2, -0.15) is 15.0 Å². The van der Waals surface area contributed by atoms with Crippen molar-refractivity contribution in [3.63, 3.8) is 0 Å². The van der Waals surface area contributed by atoms with Crippen LogP contribution in [0.5, 0.6) is 0 Å². The van der Waals surface area contributed by atoms with Crippen LogP contribution in [0, 0.1) is 5.92 Å². The lowest BCUT2D eigenvalue weighted by molar-refractivity contribution is -0.121. The molecule has 0 spiro atoms. The fourth-order valence-electron chi connectivity index (χ4n) is 3.41. The number of carbonyl (C=O) groups is 1. The number of hydrogen-bond acceptors (Lipinski definition) is 10. The van der Waals surface area contributed by atoms with Gasteiger partial charge in [0.2, 0.25) is 11.9 Å². The summed E-state index contributed by atoms with van der Waals surface area (Å²) in [5.74, 6) is 1.48. The molecule has 8 nitrogen and oxygen atoms in total. The molecule has 0 aliphatic carbocycles. The number of ketones is 1. The van der Waals surface area contributed by atoms with Crippen molar-refractivity contribution in [2.75, 3.05) is 43.4 Å². The number of hydrogen-bond donors (Lipinski definition) is 1. The van der Waals surface area contributed by atoms with Crippen LogP contribution in [0.3, 0.4) is 0 Å². The van der Waals surface area contributed by atoms with Gasteiger partial charge in [-0.3, -0.25) is 10.1 Å². The molecular weight excluding hydrogens is 466 g/mol. The molecule has 0 unspecified atom stereocenters. The van der Waals surface area contributed by atoms with Crippen LogP contribution in [0.1, 0.15) is 31.2 Å². The maximum atomic E-state index is 12.1. The first-order valence-electron chi connectivity index (χ1n) is 11.6. The van der Waals surface area contributed by atoms with Gasteiger partial charge in [-0.25, -0.2) is 4.98 Å². The van der Waals surface area contributed by atoms with Gasteiger partial charge in [0.05, 0.1) is 0 Å². The molecule has 0 bridgehead atoms. The molecule has 1 aliphatic rings. The Morgan fingerprint density at radius 2 is 1.85 bits per heavy atom. The third kappa shape index (κ3) is 6.52. The summed E-state index contributed by atoms with van der Waals surface area (Å²) in [6, 6.07) is 8.06. The monoisotopic (exact) mass is 497 g/mol. The van der Waals surface area contributed by atoms with E-state index in [1.165, 1.54) is 16.6 Å². The molecule has 1 aromatic carbocycles. The van der Waals surface area contributed by atoms with Crippen molar-refractivity contribution in [3.8, 4) is 0 Å². The van der Waals surface area contributed by atoms with Gasteiger partial charge in [0.25, 0.3) is 0 Å². The molecule has 1 N–H and O–H groups in total. The van der Waals surface area contributed by atoms with Crippen molar-refractivity contribution >= 4 is 45.9 Å². The van der Waals surface area contributed by atoms with E-state index < -0.39 is 0 Å². The van der Waals surface area contributed by atoms with Crippen molar-refractivity contribution in [1.82, 2.24) is 24.8 Å². The first kappa shape index (κ1) is 24.6. The van der Waals surface area contributed by atoms with Crippen LogP contribution in [0.25, 0.3) is 0 Å². The normalized spacial score (nSPS) is 14.6. The van der Waals surface area contributed by atoms with E-state index in [4.69, 9.17) is 9.97 Å². The summed E-state index contributed by atoms with van der Waals surface area (Å²) < 4.78 is 0. The van der Waals surface area contributed by atoms with Gasteiger partial charge in [0.15, 0.2) is 10.3 Å². The summed E-state index contributed by atoms with van der Waals surface area (Å²) in [5.41, 5.74) is 1.02. The molecule has 4 rings (SSSR count). The fraction of sp³-hybridized carbons (Fsp3) is 0.458. The predicted molar refractivity (Wildman–Crippen MR) is 138 cm³/mol. The minimum Gasteiger partial charge on any atom is -0.338 e. The van der Waals surface area contributed by atoms with E-state index in [0.29, 0.717) is 23.5 Å². The van der Waals surface area contributed by atoms with E-state index in [1.807, 2.05) is 44.3 Å². The van der Waals surface area contributed by atoms with Gasteiger partial charge in [-0.05, 0) is 42.9 Å². The van der Waals surface area contributed by atoms with Crippen LogP contribution in [0.4, 0.5) is 17.0 Å². The zero-order chi connectivity index (χ0) is 24.1. The summed E-state index contributed by atoms with van der Waals surface area (Å²) in [5, 5.41) is 4.68. The Morgan fingerprint density at radius 3 is 2.50 bits per heavy atom. The Morgan fingerprint density at radius 1 is 1.12 bits per heavy atom. The second-order valence-electron chi connectivity index (χ2n) is 8.69. The van der Waals surface area contributed by atoms with Crippen LogP contribution in [-0.2, 0) is 17.6 Å². The number of aromatic nitrogens is 4. The van der Waals surface area contributed by atoms with Crippen molar-refractivity contribution in [2.24, 2.45) is 5.92 Å². The van der Waals surface area contributed by atoms with E-state index in [9.17, 15) is 4.79 Å². The number of carbonyl (C=O) groups excluding carboxylic acids is 1. The summed E-state index contributed by atoms with van der Waals surface area (Å²) >= 11 is 3.10. The Hall–Kier alpha value is -2.56. The Balaban J connectivity index is 1.55. The number of benzene rings is 1. The van der Waals surface area contributed by atoms with Crippen molar-refractivity contribution in [2.45, 2.75) is 43.7 Å². The molecule has 0 atom stereocenters. The zero-order valence-electron chi connectivity index (χ0n) is 20.1. The molecule has 180 valence electrons. The van der Waals surface area contributed by atoms with Gasteiger partial charge in [-0.1, -0.05) is 32.9 Å². The second kappa shape index (κ2) is 11.2. The van der Waals surface area contributed by atoms with Gasteiger partial charge in [-0.15, -0.1) is 11.3 Å². The number of piperazine rings is 1. The SMILES string of the molecule is CCc1cnc(Nc2nc(Sc3ccc(CC(=O)C(C)C)cc3)nc(N3CCN(C)CC3)n2)s1. The quantitative estimate of drug-likeness (QED) is 0.465. The number of thiazole rings is 1. The highest BCUT2D eigenvalue weighted by atomic mass is 32.2. The Labute approximate surface area is 209 Å². The number of anilines is 3. The minimum atomic E-state index is 0.0458. The molecule has 3 aromatic rings. The number of aryl methyl sites for hydroxylation is 1. The molecule has 1 aliphatic heterocycles.